The topological polar surface area (TPSA) is 59.3 Å². The highest BCUT2D eigenvalue weighted by Crippen LogP contribution is 2.16. The monoisotopic (exact) mass is 414 g/mol. The highest BCUT2D eigenvalue weighted by molar-refractivity contribution is 5.95. The molecule has 31 heavy (non-hydrogen) atoms. The number of hydrogen-bond acceptors (Lipinski definition) is 3. The number of allylic oxidation sites excluding steroid dienone is 1. The van der Waals surface area contributed by atoms with E-state index in [4.69, 9.17) is 0 Å². The molecule has 160 valence electrons. The minimum Gasteiger partial charge on any atom is -0.267 e. The van der Waals surface area contributed by atoms with Crippen LogP contribution < -0.4 is 5.43 Å². The number of carbonyl (C=O) groups is 1. The fraction of sp³-hybridized carbons (Fsp3) is 0.269. The van der Waals surface area contributed by atoms with Crippen LogP contribution in [0, 0.1) is 13.8 Å². The molecule has 3 rings (SSSR count). The van der Waals surface area contributed by atoms with E-state index >= 15 is 0 Å². The highest BCUT2D eigenvalue weighted by Gasteiger charge is 2.07. The summed E-state index contributed by atoms with van der Waals surface area (Å²) in [5.41, 5.74) is 9.66. The van der Waals surface area contributed by atoms with Gasteiger partial charge in [-0.05, 0) is 67.2 Å². The van der Waals surface area contributed by atoms with Crippen molar-refractivity contribution in [1.29, 1.82) is 0 Å². The number of nitrogens with one attached hydrogen (secondary N) is 1. The minimum atomic E-state index is -0.236. The van der Waals surface area contributed by atoms with E-state index in [2.05, 4.69) is 53.7 Å². The van der Waals surface area contributed by atoms with Crippen molar-refractivity contribution in [1.82, 2.24) is 15.2 Å². The van der Waals surface area contributed by atoms with Crippen LogP contribution in [0.25, 0.3) is 6.08 Å². The van der Waals surface area contributed by atoms with Gasteiger partial charge in [0, 0.05) is 11.3 Å². The molecule has 0 saturated carbocycles. The third-order valence-corrected chi connectivity index (χ3v) is 5.06. The summed E-state index contributed by atoms with van der Waals surface area (Å²) in [4.78, 5) is 12.5. The Balaban J connectivity index is 1.60. The fourth-order valence-corrected chi connectivity index (χ4v) is 3.35. The zero-order valence-corrected chi connectivity index (χ0v) is 18.9. The maximum absolute atomic E-state index is 12.5. The molecule has 1 N–H and O–H groups in total. The Labute approximate surface area is 184 Å². The van der Waals surface area contributed by atoms with Crippen molar-refractivity contribution in [2.24, 2.45) is 5.10 Å². The first-order chi connectivity index (χ1) is 14.8. The molecular weight excluding hydrogens is 384 g/mol. The summed E-state index contributed by atoms with van der Waals surface area (Å²) in [6.07, 6.45) is 3.70. The quantitative estimate of drug-likeness (QED) is 0.410. The summed E-state index contributed by atoms with van der Waals surface area (Å²) in [5.74, 6) is 0.280. The van der Waals surface area contributed by atoms with Gasteiger partial charge in [-0.2, -0.15) is 10.2 Å². The Morgan fingerprint density at radius 2 is 1.87 bits per heavy atom. The maximum Gasteiger partial charge on any atom is 0.271 e. The van der Waals surface area contributed by atoms with E-state index in [9.17, 15) is 4.79 Å². The molecule has 1 heterocycles. The average Bonchev–Trinajstić information content (AvgIpc) is 3.05. The van der Waals surface area contributed by atoms with E-state index in [0.29, 0.717) is 18.0 Å². The van der Waals surface area contributed by atoms with Crippen LogP contribution in [0.1, 0.15) is 65.1 Å². The van der Waals surface area contributed by atoms with Gasteiger partial charge in [-0.25, -0.2) is 5.43 Å². The van der Waals surface area contributed by atoms with Gasteiger partial charge in [0.2, 0.25) is 0 Å². The van der Waals surface area contributed by atoms with Gasteiger partial charge >= 0.3 is 0 Å². The molecule has 0 aliphatic rings. The lowest BCUT2D eigenvalue weighted by Crippen LogP contribution is -2.18. The molecule has 0 spiro atoms. The van der Waals surface area contributed by atoms with Crippen LogP contribution in [-0.4, -0.2) is 21.9 Å². The lowest BCUT2D eigenvalue weighted by atomic mass is 10.0. The van der Waals surface area contributed by atoms with Crippen LogP contribution in [0.15, 0.2) is 65.3 Å². The first-order valence-electron chi connectivity index (χ1n) is 10.5. The van der Waals surface area contributed by atoms with Gasteiger partial charge < -0.3 is 0 Å². The number of benzene rings is 2. The second-order valence-corrected chi connectivity index (χ2v) is 8.19. The van der Waals surface area contributed by atoms with E-state index in [-0.39, 0.29) is 5.91 Å². The first-order valence-corrected chi connectivity index (χ1v) is 10.5. The molecule has 0 bridgehead atoms. The summed E-state index contributed by atoms with van der Waals surface area (Å²) >= 11 is 0. The number of nitrogens with zero attached hydrogens (tertiary/aromatic N) is 3. The zero-order valence-electron chi connectivity index (χ0n) is 18.9. The molecule has 2 aromatic carbocycles. The molecule has 0 unspecified atom stereocenters. The molecular formula is C26H30N4O. The third kappa shape index (κ3) is 6.25. The van der Waals surface area contributed by atoms with Gasteiger partial charge in [0.05, 0.1) is 18.5 Å². The summed E-state index contributed by atoms with van der Waals surface area (Å²) in [6, 6.07) is 18.1. The van der Waals surface area contributed by atoms with E-state index in [0.717, 1.165) is 28.1 Å². The highest BCUT2D eigenvalue weighted by atomic mass is 16.2. The first kappa shape index (κ1) is 22.2. The van der Waals surface area contributed by atoms with Crippen LogP contribution in [0.5, 0.6) is 0 Å². The van der Waals surface area contributed by atoms with Crippen LogP contribution >= 0.6 is 0 Å². The van der Waals surface area contributed by atoms with Crippen molar-refractivity contribution in [3.63, 3.8) is 0 Å². The van der Waals surface area contributed by atoms with Gasteiger partial charge in [-0.15, -0.1) is 0 Å². The number of hydrazone groups is 1. The Bertz CT molecular complexity index is 1100. The van der Waals surface area contributed by atoms with Crippen molar-refractivity contribution < 1.29 is 4.79 Å². The van der Waals surface area contributed by atoms with Crippen LogP contribution in [-0.2, 0) is 6.54 Å². The summed E-state index contributed by atoms with van der Waals surface area (Å²) in [6.45, 7) is 11.0. The molecule has 1 aromatic heterocycles. The number of amides is 1. The van der Waals surface area contributed by atoms with E-state index in [1.54, 1.807) is 12.3 Å². The largest absolute Gasteiger partial charge is 0.271 e. The van der Waals surface area contributed by atoms with Crippen LogP contribution in [0.4, 0.5) is 0 Å². The Morgan fingerprint density at radius 1 is 1.13 bits per heavy atom. The molecule has 5 heteroatoms. The third-order valence-electron chi connectivity index (χ3n) is 5.06. The molecule has 0 saturated heterocycles. The van der Waals surface area contributed by atoms with Gasteiger partial charge in [0.1, 0.15) is 0 Å². The van der Waals surface area contributed by atoms with Crippen molar-refractivity contribution in [2.75, 3.05) is 0 Å². The molecule has 1 amide bonds. The van der Waals surface area contributed by atoms with Gasteiger partial charge in [-0.3, -0.25) is 9.48 Å². The normalized spacial score (nSPS) is 12.0. The summed E-state index contributed by atoms with van der Waals surface area (Å²) in [5, 5.41) is 8.59. The Morgan fingerprint density at radius 3 is 2.52 bits per heavy atom. The van der Waals surface area contributed by atoms with Crippen molar-refractivity contribution in [3.05, 3.63) is 93.8 Å². The Hall–Kier alpha value is -3.47. The Kier molecular flexibility index (Phi) is 7.19. The lowest BCUT2D eigenvalue weighted by molar-refractivity contribution is 0.0955. The van der Waals surface area contributed by atoms with Gasteiger partial charge in [0.15, 0.2) is 0 Å². The van der Waals surface area contributed by atoms with Gasteiger partial charge in [-0.1, -0.05) is 56.3 Å². The van der Waals surface area contributed by atoms with Crippen molar-refractivity contribution in [3.8, 4) is 0 Å². The minimum absolute atomic E-state index is 0.236. The van der Waals surface area contributed by atoms with E-state index in [1.165, 1.54) is 5.56 Å². The average molecular weight is 415 g/mol. The summed E-state index contributed by atoms with van der Waals surface area (Å²) in [7, 11) is 0. The molecule has 0 fully saturated rings. The molecule has 3 aromatic rings. The summed E-state index contributed by atoms with van der Waals surface area (Å²) < 4.78 is 1.94. The number of hydrogen-bond donors (Lipinski definition) is 1. The van der Waals surface area contributed by atoms with Crippen molar-refractivity contribution >= 4 is 18.2 Å². The molecule has 0 aliphatic heterocycles. The molecule has 5 nitrogen and oxygen atoms in total. The predicted molar refractivity (Wildman–Crippen MR) is 127 cm³/mol. The van der Waals surface area contributed by atoms with Crippen molar-refractivity contribution in [2.45, 2.75) is 47.1 Å². The number of aromatic nitrogens is 2. The number of rotatable bonds is 7. The van der Waals surface area contributed by atoms with Crippen LogP contribution in [0.3, 0.4) is 0 Å². The van der Waals surface area contributed by atoms with Crippen LogP contribution in [0.2, 0.25) is 0 Å². The molecule has 0 radical (unpaired) electrons. The molecule has 0 aliphatic carbocycles. The number of aryl methyl sites for hydroxylation is 2. The predicted octanol–water partition coefficient (Wildman–Crippen LogP) is 5.49. The maximum atomic E-state index is 12.5. The SMILES string of the molecule is CC(/C=N\NC(=O)c1cccc(Cn2nc(C)cc2C)c1)=C\c1ccc(C(C)C)cc1. The van der Waals surface area contributed by atoms with E-state index < -0.39 is 0 Å². The van der Waals surface area contributed by atoms with E-state index in [1.807, 2.05) is 55.8 Å². The lowest BCUT2D eigenvalue weighted by Gasteiger charge is -2.07. The zero-order chi connectivity index (χ0) is 22.4. The van der Waals surface area contributed by atoms with Gasteiger partial charge in [0.25, 0.3) is 5.91 Å². The molecule has 0 atom stereocenters. The fourth-order valence-electron chi connectivity index (χ4n) is 3.35. The standard InChI is InChI=1S/C26H30N4O/c1-18(2)24-11-9-22(10-12-24)13-19(3)16-27-28-26(31)25-8-6-7-23(15-25)17-30-21(5)14-20(4)29-30/h6-16,18H,17H2,1-5H3,(H,28,31)/b19-13+,27-16-. The second-order valence-electron chi connectivity index (χ2n) is 8.19. The number of carbonyl (C=O) groups excluding carboxylic acids is 1. The second kappa shape index (κ2) is 10.0. The smallest absolute Gasteiger partial charge is 0.267 e.